The van der Waals surface area contributed by atoms with Gasteiger partial charge in [0, 0.05) is 11.4 Å². The fourth-order valence-corrected chi connectivity index (χ4v) is 3.41. The summed E-state index contributed by atoms with van der Waals surface area (Å²) in [4.78, 5) is 23.7. The van der Waals surface area contributed by atoms with Gasteiger partial charge in [-0.2, -0.15) is 0 Å². The van der Waals surface area contributed by atoms with Crippen molar-refractivity contribution in [1.82, 2.24) is 0 Å². The Bertz CT molecular complexity index is 939. The number of ether oxygens (including phenoxy) is 1. The van der Waals surface area contributed by atoms with Crippen LogP contribution < -0.4 is 5.32 Å². The van der Waals surface area contributed by atoms with Crippen LogP contribution >= 0.6 is 11.8 Å². The second-order valence-corrected chi connectivity index (χ2v) is 6.78. The maximum atomic E-state index is 12.2. The van der Waals surface area contributed by atoms with E-state index < -0.39 is 0 Å². The van der Waals surface area contributed by atoms with Crippen LogP contribution in [-0.2, 0) is 15.3 Å². The molecule has 4 nitrogen and oxygen atoms in total. The van der Waals surface area contributed by atoms with Gasteiger partial charge < -0.3 is 10.1 Å². The fourth-order valence-electron chi connectivity index (χ4n) is 2.63. The number of carbonyl (C=O) groups excluding carboxylic acids is 2. The molecule has 132 valence electrons. The van der Waals surface area contributed by atoms with Crippen LogP contribution in [0.5, 0.6) is 0 Å². The highest BCUT2D eigenvalue weighted by molar-refractivity contribution is 7.99. The van der Waals surface area contributed by atoms with Gasteiger partial charge in [0.05, 0.1) is 18.4 Å². The predicted octanol–water partition coefficient (Wildman–Crippen LogP) is 4.50. The van der Waals surface area contributed by atoms with Crippen molar-refractivity contribution in [2.24, 2.45) is 0 Å². The molecule has 3 rings (SSSR count). The first-order valence-electron chi connectivity index (χ1n) is 8.19. The Morgan fingerprint density at radius 2 is 1.77 bits per heavy atom. The van der Waals surface area contributed by atoms with Crippen LogP contribution in [0.15, 0.2) is 66.7 Å². The zero-order valence-corrected chi connectivity index (χ0v) is 15.2. The van der Waals surface area contributed by atoms with Gasteiger partial charge in [-0.1, -0.05) is 42.5 Å². The summed E-state index contributed by atoms with van der Waals surface area (Å²) in [6.07, 6.45) is 0. The highest BCUT2D eigenvalue weighted by atomic mass is 32.2. The lowest BCUT2D eigenvalue weighted by atomic mass is 10.1. The number of nitrogens with one attached hydrogen (secondary N) is 1. The number of benzene rings is 3. The molecule has 0 saturated heterocycles. The molecule has 3 aromatic carbocycles. The van der Waals surface area contributed by atoms with Gasteiger partial charge in [0.15, 0.2) is 0 Å². The molecular formula is C21H19NO3S. The zero-order chi connectivity index (χ0) is 18.4. The number of methoxy groups -OCH3 is 1. The topological polar surface area (TPSA) is 55.4 Å². The smallest absolute Gasteiger partial charge is 0.337 e. The van der Waals surface area contributed by atoms with Gasteiger partial charge in [-0.05, 0) is 40.6 Å². The van der Waals surface area contributed by atoms with E-state index in [0.717, 1.165) is 22.0 Å². The highest BCUT2D eigenvalue weighted by Crippen LogP contribution is 2.20. The van der Waals surface area contributed by atoms with Gasteiger partial charge in [-0.25, -0.2) is 4.79 Å². The summed E-state index contributed by atoms with van der Waals surface area (Å²) in [5.41, 5.74) is 2.30. The molecule has 0 atom stereocenters. The SMILES string of the molecule is COC(=O)c1cccc(CSCC(=O)Nc2ccc3ccccc3c2)c1. The van der Waals surface area contributed by atoms with Gasteiger partial charge in [-0.15, -0.1) is 11.8 Å². The maximum absolute atomic E-state index is 12.2. The molecule has 0 fully saturated rings. The van der Waals surface area contributed by atoms with Crippen LogP contribution in [0.3, 0.4) is 0 Å². The Hall–Kier alpha value is -2.79. The largest absolute Gasteiger partial charge is 0.465 e. The third-order valence-electron chi connectivity index (χ3n) is 3.88. The first-order valence-corrected chi connectivity index (χ1v) is 9.35. The van der Waals surface area contributed by atoms with E-state index in [9.17, 15) is 9.59 Å². The number of rotatable bonds is 6. The molecule has 0 spiro atoms. The minimum absolute atomic E-state index is 0.0468. The van der Waals surface area contributed by atoms with E-state index in [1.165, 1.54) is 18.9 Å². The Morgan fingerprint density at radius 3 is 2.58 bits per heavy atom. The lowest BCUT2D eigenvalue weighted by Gasteiger charge is -2.07. The van der Waals surface area contributed by atoms with Gasteiger partial charge in [0.25, 0.3) is 0 Å². The number of carbonyl (C=O) groups is 2. The minimum Gasteiger partial charge on any atom is -0.465 e. The first kappa shape index (κ1) is 18.0. The number of hydrogen-bond acceptors (Lipinski definition) is 4. The second kappa shape index (κ2) is 8.54. The molecule has 0 bridgehead atoms. The average Bonchev–Trinajstić information content (AvgIpc) is 2.67. The molecule has 3 aromatic rings. The van der Waals surface area contributed by atoms with Crippen molar-refractivity contribution in [2.75, 3.05) is 18.2 Å². The molecule has 5 heteroatoms. The van der Waals surface area contributed by atoms with Gasteiger partial charge in [-0.3, -0.25) is 4.79 Å². The van der Waals surface area contributed by atoms with Crippen molar-refractivity contribution in [1.29, 1.82) is 0 Å². The lowest BCUT2D eigenvalue weighted by molar-refractivity contribution is -0.113. The number of hydrogen-bond donors (Lipinski definition) is 1. The molecule has 0 aromatic heterocycles. The molecule has 0 aliphatic carbocycles. The number of esters is 1. The highest BCUT2D eigenvalue weighted by Gasteiger charge is 2.07. The van der Waals surface area contributed by atoms with E-state index in [0.29, 0.717) is 17.1 Å². The van der Waals surface area contributed by atoms with Crippen LogP contribution in [0.4, 0.5) is 5.69 Å². The van der Waals surface area contributed by atoms with E-state index in [1.807, 2.05) is 54.6 Å². The molecular weight excluding hydrogens is 346 g/mol. The third kappa shape index (κ3) is 4.64. The standard InChI is InChI=1S/C21H19NO3S/c1-25-21(24)18-8-4-5-15(11-18)13-26-14-20(23)22-19-10-9-16-6-2-3-7-17(16)12-19/h2-12H,13-14H2,1H3,(H,22,23). The Morgan fingerprint density at radius 1 is 0.962 bits per heavy atom. The third-order valence-corrected chi connectivity index (χ3v) is 4.89. The van der Waals surface area contributed by atoms with Crippen molar-refractivity contribution >= 4 is 40.1 Å². The van der Waals surface area contributed by atoms with Crippen LogP contribution in [0.2, 0.25) is 0 Å². The van der Waals surface area contributed by atoms with Crippen molar-refractivity contribution in [3.63, 3.8) is 0 Å². The molecule has 0 aliphatic heterocycles. The normalized spacial score (nSPS) is 10.5. The molecule has 0 heterocycles. The van der Waals surface area contributed by atoms with E-state index in [4.69, 9.17) is 4.74 Å². The predicted molar refractivity (Wildman–Crippen MR) is 107 cm³/mol. The van der Waals surface area contributed by atoms with Crippen molar-refractivity contribution in [3.05, 3.63) is 77.9 Å². The number of amides is 1. The molecule has 1 N–H and O–H groups in total. The van der Waals surface area contributed by atoms with Crippen LogP contribution in [0, 0.1) is 0 Å². The summed E-state index contributed by atoms with van der Waals surface area (Å²) in [5.74, 6) is 0.589. The van der Waals surface area contributed by atoms with Crippen LogP contribution in [-0.4, -0.2) is 24.7 Å². The second-order valence-electron chi connectivity index (χ2n) is 5.79. The molecule has 26 heavy (non-hydrogen) atoms. The van der Waals surface area contributed by atoms with Crippen molar-refractivity contribution in [3.8, 4) is 0 Å². The lowest BCUT2D eigenvalue weighted by Crippen LogP contribution is -2.14. The molecule has 0 unspecified atom stereocenters. The van der Waals surface area contributed by atoms with E-state index >= 15 is 0 Å². The minimum atomic E-state index is -0.356. The molecule has 0 radical (unpaired) electrons. The number of anilines is 1. The van der Waals surface area contributed by atoms with E-state index in [2.05, 4.69) is 5.32 Å². The van der Waals surface area contributed by atoms with Gasteiger partial charge in [0.2, 0.25) is 5.91 Å². The van der Waals surface area contributed by atoms with Crippen LogP contribution in [0.25, 0.3) is 10.8 Å². The van der Waals surface area contributed by atoms with Crippen molar-refractivity contribution in [2.45, 2.75) is 5.75 Å². The zero-order valence-electron chi connectivity index (χ0n) is 14.4. The summed E-state index contributed by atoms with van der Waals surface area (Å²) in [7, 11) is 1.36. The molecule has 1 amide bonds. The Balaban J connectivity index is 1.53. The van der Waals surface area contributed by atoms with Gasteiger partial charge in [0.1, 0.15) is 0 Å². The number of fused-ring (bicyclic) bond motifs is 1. The maximum Gasteiger partial charge on any atom is 0.337 e. The molecule has 0 aliphatic rings. The van der Waals surface area contributed by atoms with Crippen molar-refractivity contribution < 1.29 is 14.3 Å². The summed E-state index contributed by atoms with van der Waals surface area (Å²) < 4.78 is 4.72. The monoisotopic (exact) mass is 365 g/mol. The van der Waals surface area contributed by atoms with E-state index in [-0.39, 0.29) is 11.9 Å². The fraction of sp³-hybridized carbons (Fsp3) is 0.143. The average molecular weight is 365 g/mol. The molecule has 0 saturated carbocycles. The van der Waals surface area contributed by atoms with Gasteiger partial charge >= 0.3 is 5.97 Å². The van der Waals surface area contributed by atoms with E-state index in [1.54, 1.807) is 12.1 Å². The Kier molecular flexibility index (Phi) is 5.92. The summed E-state index contributed by atoms with van der Waals surface area (Å²) in [5, 5.41) is 5.16. The Labute approximate surface area is 156 Å². The summed E-state index contributed by atoms with van der Waals surface area (Å²) >= 11 is 1.50. The summed E-state index contributed by atoms with van der Waals surface area (Å²) in [6.45, 7) is 0. The summed E-state index contributed by atoms with van der Waals surface area (Å²) in [6, 6.07) is 21.2. The quantitative estimate of drug-likeness (QED) is 0.654. The van der Waals surface area contributed by atoms with Crippen LogP contribution in [0.1, 0.15) is 15.9 Å². The number of thioether (sulfide) groups is 1. The first-order chi connectivity index (χ1) is 12.7.